The molecule has 0 atom stereocenters. The minimum Gasteiger partial charge on any atom is -0.501 e. The van der Waals surface area contributed by atoms with E-state index in [9.17, 15) is 32.7 Å². The van der Waals surface area contributed by atoms with E-state index in [4.69, 9.17) is 11.6 Å². The fraction of sp³-hybridized carbons (Fsp3) is 0.400. The van der Waals surface area contributed by atoms with Crippen LogP contribution in [-0.4, -0.2) is 56.5 Å². The summed E-state index contributed by atoms with van der Waals surface area (Å²) in [6.45, 7) is -0.355. The standard InChI is InChI=1S/C10H13ClN2O7S2/c11-7-1-2-8(13(15)16)9(14)10(7)22(19,20)12-3-5-21(17,18)6-4-12/h1-2,14,17-18H,3-6H2. The van der Waals surface area contributed by atoms with Crippen molar-refractivity contribution >= 4 is 37.9 Å². The molecule has 1 aliphatic heterocycles. The minimum atomic E-state index is -4.29. The number of nitro groups is 1. The number of nitrogens with zero attached hydrogens (tertiary/aromatic N) is 2. The van der Waals surface area contributed by atoms with Crippen molar-refractivity contribution in [2.45, 2.75) is 4.90 Å². The maximum atomic E-state index is 12.5. The maximum absolute atomic E-state index is 12.5. The molecule has 0 spiro atoms. The second kappa shape index (κ2) is 5.83. The largest absolute Gasteiger partial charge is 0.501 e. The molecule has 0 bridgehead atoms. The van der Waals surface area contributed by atoms with Gasteiger partial charge in [-0.2, -0.15) is 14.9 Å². The van der Waals surface area contributed by atoms with Crippen LogP contribution in [0.15, 0.2) is 17.0 Å². The Bertz CT molecular complexity index is 712. The van der Waals surface area contributed by atoms with Crippen molar-refractivity contribution < 1.29 is 27.6 Å². The number of nitro benzene ring substituents is 1. The van der Waals surface area contributed by atoms with Crippen LogP contribution in [0.1, 0.15) is 0 Å². The quantitative estimate of drug-likeness (QED) is 0.541. The van der Waals surface area contributed by atoms with Crippen molar-refractivity contribution in [1.82, 2.24) is 4.31 Å². The van der Waals surface area contributed by atoms with Gasteiger partial charge in [-0.3, -0.25) is 19.2 Å². The highest BCUT2D eigenvalue weighted by atomic mass is 35.5. The highest BCUT2D eigenvalue weighted by molar-refractivity contribution is 8.24. The molecule has 0 radical (unpaired) electrons. The highest BCUT2D eigenvalue weighted by Crippen LogP contribution is 2.44. The fourth-order valence-corrected chi connectivity index (χ4v) is 5.50. The summed E-state index contributed by atoms with van der Waals surface area (Å²) in [5, 5.41) is 20.3. The molecule has 1 aromatic carbocycles. The molecule has 0 amide bonds. The Morgan fingerprint density at radius 2 is 1.82 bits per heavy atom. The summed E-state index contributed by atoms with van der Waals surface area (Å²) in [7, 11) is -7.10. The summed E-state index contributed by atoms with van der Waals surface area (Å²) < 4.78 is 45.0. The van der Waals surface area contributed by atoms with E-state index in [0.717, 1.165) is 16.4 Å². The van der Waals surface area contributed by atoms with Crippen LogP contribution in [0.3, 0.4) is 0 Å². The van der Waals surface area contributed by atoms with Gasteiger partial charge in [0.1, 0.15) is 4.90 Å². The third kappa shape index (κ3) is 3.14. The lowest BCUT2D eigenvalue weighted by atomic mass is 10.3. The molecule has 1 aromatic rings. The highest BCUT2D eigenvalue weighted by Gasteiger charge is 2.36. The van der Waals surface area contributed by atoms with Crippen LogP contribution < -0.4 is 0 Å². The summed E-state index contributed by atoms with van der Waals surface area (Å²) in [4.78, 5) is 9.14. The van der Waals surface area contributed by atoms with Crippen molar-refractivity contribution in [2.24, 2.45) is 0 Å². The predicted molar refractivity (Wildman–Crippen MR) is 81.1 cm³/mol. The molecule has 0 saturated carbocycles. The van der Waals surface area contributed by atoms with E-state index in [-0.39, 0.29) is 29.6 Å². The molecule has 1 saturated heterocycles. The topological polar surface area (TPSA) is 141 Å². The van der Waals surface area contributed by atoms with Crippen molar-refractivity contribution in [1.29, 1.82) is 0 Å². The van der Waals surface area contributed by atoms with Gasteiger partial charge in [-0.1, -0.05) is 11.6 Å². The summed E-state index contributed by atoms with van der Waals surface area (Å²) in [5.74, 6) is -1.31. The Hall–Kier alpha value is -1.11. The number of aromatic hydroxyl groups is 1. The lowest BCUT2D eigenvalue weighted by Gasteiger charge is -2.40. The van der Waals surface area contributed by atoms with Gasteiger partial charge < -0.3 is 5.11 Å². The number of sulfonamides is 1. The summed E-state index contributed by atoms with van der Waals surface area (Å²) in [5.41, 5.74) is -0.774. The van der Waals surface area contributed by atoms with Gasteiger partial charge in [0, 0.05) is 19.2 Å². The molecule has 9 nitrogen and oxygen atoms in total. The van der Waals surface area contributed by atoms with Crippen molar-refractivity contribution in [3.63, 3.8) is 0 Å². The maximum Gasteiger partial charge on any atom is 0.312 e. The Labute approximate surface area is 132 Å². The zero-order chi connectivity index (χ0) is 16.7. The number of hydrogen-bond donors (Lipinski definition) is 3. The van der Waals surface area contributed by atoms with Crippen LogP contribution in [0.4, 0.5) is 5.69 Å². The first-order chi connectivity index (χ1) is 10.1. The minimum absolute atomic E-state index is 0.139. The number of phenolic OH excluding ortho intramolecular Hbond substituents is 1. The van der Waals surface area contributed by atoms with E-state index in [1.54, 1.807) is 0 Å². The van der Waals surface area contributed by atoms with Crippen molar-refractivity contribution in [3.05, 3.63) is 27.3 Å². The lowest BCUT2D eigenvalue weighted by Crippen LogP contribution is -2.42. The number of hydrogen-bond acceptors (Lipinski definition) is 7. The molecule has 12 heteroatoms. The Morgan fingerprint density at radius 1 is 1.27 bits per heavy atom. The molecule has 2 rings (SSSR count). The van der Waals surface area contributed by atoms with Crippen LogP contribution >= 0.6 is 22.2 Å². The smallest absolute Gasteiger partial charge is 0.312 e. The molecule has 3 N–H and O–H groups in total. The third-order valence-electron chi connectivity index (χ3n) is 3.19. The third-order valence-corrected chi connectivity index (χ3v) is 7.27. The second-order valence-corrected chi connectivity index (χ2v) is 9.32. The van der Waals surface area contributed by atoms with Gasteiger partial charge in [-0.05, 0) is 6.07 Å². The first-order valence-electron chi connectivity index (χ1n) is 5.96. The second-order valence-electron chi connectivity index (χ2n) is 4.62. The molecule has 1 heterocycles. The van der Waals surface area contributed by atoms with Crippen LogP contribution in [0, 0.1) is 10.1 Å². The molecule has 0 aromatic heterocycles. The molecule has 124 valence electrons. The van der Waals surface area contributed by atoms with E-state index in [0.29, 0.717) is 0 Å². The summed E-state index contributed by atoms with van der Waals surface area (Å²) in [6.07, 6.45) is 0. The van der Waals surface area contributed by atoms with E-state index in [2.05, 4.69) is 0 Å². The van der Waals surface area contributed by atoms with Gasteiger partial charge in [0.25, 0.3) is 0 Å². The van der Waals surface area contributed by atoms with Crippen LogP contribution in [0.25, 0.3) is 0 Å². The zero-order valence-corrected chi connectivity index (χ0v) is 13.4. The van der Waals surface area contributed by atoms with Crippen LogP contribution in [0.2, 0.25) is 5.02 Å². The van der Waals surface area contributed by atoms with E-state index in [1.807, 2.05) is 0 Å². The lowest BCUT2D eigenvalue weighted by molar-refractivity contribution is -0.386. The number of benzene rings is 1. The van der Waals surface area contributed by atoms with Gasteiger partial charge >= 0.3 is 5.69 Å². The van der Waals surface area contributed by atoms with E-state index in [1.165, 1.54) is 0 Å². The number of halogens is 1. The normalized spacial score (nSPS) is 20.5. The molecular formula is C10H13ClN2O7S2. The van der Waals surface area contributed by atoms with Gasteiger partial charge in [0.15, 0.2) is 0 Å². The average molecular weight is 373 g/mol. The number of rotatable bonds is 3. The Balaban J connectivity index is 2.47. The van der Waals surface area contributed by atoms with Gasteiger partial charge in [0.2, 0.25) is 15.8 Å². The van der Waals surface area contributed by atoms with Crippen LogP contribution in [-0.2, 0) is 10.0 Å². The average Bonchev–Trinajstić information content (AvgIpc) is 2.37. The van der Waals surface area contributed by atoms with Crippen LogP contribution in [0.5, 0.6) is 5.75 Å². The fourth-order valence-electron chi connectivity index (χ4n) is 2.01. The monoisotopic (exact) mass is 372 g/mol. The van der Waals surface area contributed by atoms with Gasteiger partial charge in [-0.25, -0.2) is 8.42 Å². The first kappa shape index (κ1) is 17.2. The summed E-state index contributed by atoms with van der Waals surface area (Å²) in [6, 6.07) is 1.92. The Kier molecular flexibility index (Phi) is 4.57. The first-order valence-corrected chi connectivity index (χ1v) is 9.66. The molecule has 1 fully saturated rings. The molecule has 22 heavy (non-hydrogen) atoms. The van der Waals surface area contributed by atoms with E-state index >= 15 is 0 Å². The molecular weight excluding hydrogens is 360 g/mol. The van der Waals surface area contributed by atoms with E-state index < -0.39 is 41.9 Å². The van der Waals surface area contributed by atoms with Gasteiger partial charge in [0.05, 0.1) is 21.5 Å². The molecule has 0 aliphatic carbocycles. The Morgan fingerprint density at radius 3 is 2.32 bits per heavy atom. The van der Waals surface area contributed by atoms with Gasteiger partial charge in [-0.15, -0.1) is 0 Å². The molecule has 1 aliphatic rings. The molecule has 0 unspecified atom stereocenters. The van der Waals surface area contributed by atoms with Crippen molar-refractivity contribution in [3.8, 4) is 5.75 Å². The predicted octanol–water partition coefficient (Wildman–Crippen LogP) is 1.71. The zero-order valence-electron chi connectivity index (χ0n) is 11.0. The van der Waals surface area contributed by atoms with Crippen molar-refractivity contribution in [2.75, 3.05) is 24.6 Å². The summed E-state index contributed by atoms with van der Waals surface area (Å²) >= 11 is 5.78. The SMILES string of the molecule is O=[N+]([O-])c1ccc(Cl)c(S(=O)(=O)N2CCS(O)(O)CC2)c1O. The number of phenols is 1.